The van der Waals surface area contributed by atoms with E-state index >= 15 is 0 Å². The fourth-order valence-corrected chi connectivity index (χ4v) is 4.04. The van der Waals surface area contributed by atoms with Crippen molar-refractivity contribution in [3.63, 3.8) is 0 Å². The summed E-state index contributed by atoms with van der Waals surface area (Å²) in [7, 11) is 0. The monoisotopic (exact) mass is 404 g/mol. The highest BCUT2D eigenvalue weighted by atomic mass is 79.9. The van der Waals surface area contributed by atoms with Crippen molar-refractivity contribution < 1.29 is 0 Å². The van der Waals surface area contributed by atoms with Crippen molar-refractivity contribution in [2.45, 2.75) is 18.9 Å². The van der Waals surface area contributed by atoms with Crippen molar-refractivity contribution in [3.05, 3.63) is 76.4 Å². The topological polar surface area (TPSA) is 56.7 Å². The predicted octanol–water partition coefficient (Wildman–Crippen LogP) is 4.80. The Morgan fingerprint density at radius 1 is 1.00 bits per heavy atom. The number of halogens is 1. The number of hydrogen-bond acceptors (Lipinski definition) is 3. The number of aryl methyl sites for hydroxylation is 1. The molecule has 5 rings (SSSR count). The van der Waals surface area contributed by atoms with Gasteiger partial charge in [0.15, 0.2) is 5.65 Å². The molecule has 1 aliphatic carbocycles. The molecule has 2 N–H and O–H groups in total. The number of fused-ring (bicyclic) bond motifs is 2. The lowest BCUT2D eigenvalue weighted by Crippen LogP contribution is -2.05. The van der Waals surface area contributed by atoms with Crippen LogP contribution in [-0.4, -0.2) is 14.5 Å². The first-order valence-corrected chi connectivity index (χ1v) is 9.49. The van der Waals surface area contributed by atoms with Crippen LogP contribution in [0.5, 0.6) is 0 Å². The predicted molar refractivity (Wildman–Crippen MR) is 107 cm³/mol. The van der Waals surface area contributed by atoms with Gasteiger partial charge >= 0.3 is 0 Å². The number of rotatable bonds is 2. The molecule has 0 radical (unpaired) electrons. The number of imidazole rings is 1. The molecule has 0 spiro atoms. The zero-order valence-electron chi connectivity index (χ0n) is 14.1. The van der Waals surface area contributed by atoms with Crippen LogP contribution in [0.1, 0.15) is 23.6 Å². The van der Waals surface area contributed by atoms with Crippen LogP contribution in [-0.2, 0) is 6.42 Å². The minimum absolute atomic E-state index is 0.152. The Morgan fingerprint density at radius 2 is 1.85 bits per heavy atom. The summed E-state index contributed by atoms with van der Waals surface area (Å²) in [6.07, 6.45) is 2.04. The molecule has 1 aliphatic rings. The molecule has 0 saturated heterocycles. The van der Waals surface area contributed by atoms with Crippen molar-refractivity contribution in [1.82, 2.24) is 14.5 Å². The Kier molecular flexibility index (Phi) is 3.65. The van der Waals surface area contributed by atoms with Crippen LogP contribution in [0.25, 0.3) is 28.2 Å². The second-order valence-corrected chi connectivity index (χ2v) is 7.45. The molecule has 0 aliphatic heterocycles. The maximum absolute atomic E-state index is 6.21. The Bertz CT molecular complexity index is 1120. The Hall–Kier alpha value is -2.50. The lowest BCUT2D eigenvalue weighted by molar-refractivity contribution is 0.713. The summed E-state index contributed by atoms with van der Waals surface area (Å²) < 4.78 is 2.94. The van der Waals surface area contributed by atoms with E-state index in [1.165, 1.54) is 11.1 Å². The summed E-state index contributed by atoms with van der Waals surface area (Å²) >= 11 is 3.49. The maximum atomic E-state index is 6.21. The summed E-state index contributed by atoms with van der Waals surface area (Å²) in [6, 6.07) is 20.8. The van der Waals surface area contributed by atoms with Gasteiger partial charge in [-0.25, -0.2) is 9.97 Å². The van der Waals surface area contributed by atoms with E-state index in [-0.39, 0.29) is 6.04 Å². The van der Waals surface area contributed by atoms with Gasteiger partial charge in [0, 0.05) is 17.3 Å². The molecule has 2 heterocycles. The van der Waals surface area contributed by atoms with Crippen molar-refractivity contribution >= 4 is 27.1 Å². The van der Waals surface area contributed by atoms with Gasteiger partial charge in [0.25, 0.3) is 0 Å². The minimum atomic E-state index is 0.152. The van der Waals surface area contributed by atoms with Crippen LogP contribution in [0.15, 0.2) is 65.3 Å². The number of nitrogens with two attached hydrogens (primary N) is 1. The molecule has 0 saturated carbocycles. The number of benzene rings is 2. The van der Waals surface area contributed by atoms with E-state index in [1.54, 1.807) is 0 Å². The number of nitrogens with zero attached hydrogens (tertiary/aromatic N) is 3. The van der Waals surface area contributed by atoms with Gasteiger partial charge in [-0.3, -0.25) is 4.57 Å². The maximum Gasteiger partial charge on any atom is 0.166 e. The van der Waals surface area contributed by atoms with Crippen LogP contribution in [0.3, 0.4) is 0 Å². The molecule has 5 heteroatoms. The molecular weight excluding hydrogens is 388 g/mol. The smallest absolute Gasteiger partial charge is 0.166 e. The van der Waals surface area contributed by atoms with Gasteiger partial charge in [-0.15, -0.1) is 0 Å². The van der Waals surface area contributed by atoms with Gasteiger partial charge in [-0.05, 0) is 64.2 Å². The van der Waals surface area contributed by atoms with Gasteiger partial charge in [0.1, 0.15) is 15.9 Å². The zero-order valence-corrected chi connectivity index (χ0v) is 15.6. The van der Waals surface area contributed by atoms with Crippen LogP contribution in [0, 0.1) is 0 Å². The molecule has 1 unspecified atom stereocenters. The van der Waals surface area contributed by atoms with Gasteiger partial charge in [-0.1, -0.05) is 36.4 Å². The van der Waals surface area contributed by atoms with E-state index in [0.717, 1.165) is 45.7 Å². The highest BCUT2D eigenvalue weighted by molar-refractivity contribution is 9.10. The summed E-state index contributed by atoms with van der Waals surface area (Å²) in [5, 5.41) is 0. The summed E-state index contributed by atoms with van der Waals surface area (Å²) in [5.74, 6) is 0.897. The first-order valence-electron chi connectivity index (χ1n) is 8.70. The molecule has 4 aromatic rings. The molecule has 0 fully saturated rings. The van der Waals surface area contributed by atoms with Gasteiger partial charge in [0.2, 0.25) is 0 Å². The Morgan fingerprint density at radius 3 is 2.69 bits per heavy atom. The van der Waals surface area contributed by atoms with Crippen molar-refractivity contribution in [1.29, 1.82) is 0 Å². The molecule has 1 atom stereocenters. The normalized spacial score (nSPS) is 16.2. The third-order valence-electron chi connectivity index (χ3n) is 5.01. The Labute approximate surface area is 159 Å². The van der Waals surface area contributed by atoms with Gasteiger partial charge < -0.3 is 5.73 Å². The fraction of sp³-hybridized carbons (Fsp3) is 0.143. The molecule has 2 aromatic heterocycles. The van der Waals surface area contributed by atoms with Crippen molar-refractivity contribution in [3.8, 4) is 17.1 Å². The van der Waals surface area contributed by atoms with Crippen molar-refractivity contribution in [2.24, 2.45) is 5.73 Å². The van der Waals surface area contributed by atoms with E-state index in [1.807, 2.05) is 30.3 Å². The molecule has 128 valence electrons. The summed E-state index contributed by atoms with van der Waals surface area (Å²) in [4.78, 5) is 9.56. The second-order valence-electron chi connectivity index (χ2n) is 6.64. The largest absolute Gasteiger partial charge is 0.324 e. The molecule has 2 aromatic carbocycles. The third-order valence-corrected chi connectivity index (χ3v) is 5.45. The van der Waals surface area contributed by atoms with E-state index in [0.29, 0.717) is 0 Å². The van der Waals surface area contributed by atoms with Crippen LogP contribution in [0.2, 0.25) is 0 Å². The lowest BCUT2D eigenvalue weighted by atomic mass is 10.1. The third kappa shape index (κ3) is 2.47. The average Bonchev–Trinajstić information content (AvgIpc) is 3.22. The van der Waals surface area contributed by atoms with E-state index in [9.17, 15) is 0 Å². The second kappa shape index (κ2) is 6.04. The van der Waals surface area contributed by atoms with Crippen molar-refractivity contribution in [2.75, 3.05) is 0 Å². The molecule has 26 heavy (non-hydrogen) atoms. The zero-order chi connectivity index (χ0) is 17.7. The lowest BCUT2D eigenvalue weighted by Gasteiger charge is -2.12. The minimum Gasteiger partial charge on any atom is -0.324 e. The molecule has 0 amide bonds. The van der Waals surface area contributed by atoms with Gasteiger partial charge in [-0.2, -0.15) is 0 Å². The molecular formula is C21H17BrN4. The number of hydrogen-bond donors (Lipinski definition) is 1. The van der Waals surface area contributed by atoms with Crippen LogP contribution in [0.4, 0.5) is 0 Å². The molecule has 0 bridgehead atoms. The highest BCUT2D eigenvalue weighted by Gasteiger charge is 2.21. The fourth-order valence-electron chi connectivity index (χ4n) is 3.74. The van der Waals surface area contributed by atoms with Crippen LogP contribution < -0.4 is 5.73 Å². The van der Waals surface area contributed by atoms with Crippen LogP contribution >= 0.6 is 15.9 Å². The van der Waals surface area contributed by atoms with E-state index < -0.39 is 0 Å². The van der Waals surface area contributed by atoms with Gasteiger partial charge in [0.05, 0.1) is 0 Å². The average molecular weight is 405 g/mol. The summed E-state index contributed by atoms with van der Waals surface area (Å²) in [6.45, 7) is 0. The molecule has 4 nitrogen and oxygen atoms in total. The van der Waals surface area contributed by atoms with E-state index in [2.05, 4.69) is 50.8 Å². The Balaban J connectivity index is 1.80. The number of aromatic nitrogens is 3. The first-order chi connectivity index (χ1) is 12.7. The first kappa shape index (κ1) is 15.7. The quantitative estimate of drug-likeness (QED) is 0.488. The van der Waals surface area contributed by atoms with E-state index in [4.69, 9.17) is 15.7 Å². The summed E-state index contributed by atoms with van der Waals surface area (Å²) in [5.41, 5.74) is 12.7. The standard InChI is InChI=1S/C21H17BrN4/c22-19-11-10-18-21(25-19)26(20(24-18)13-4-2-1-3-5-13)15-7-8-16-14(12-15)6-9-17(16)23/h1-5,7-8,10-12,17H,6,9,23H2. The highest BCUT2D eigenvalue weighted by Crippen LogP contribution is 2.34. The SMILES string of the molecule is NC1CCc2cc(-n3c(-c4ccccc4)nc4ccc(Br)nc43)ccc21. The number of pyridine rings is 1.